The van der Waals surface area contributed by atoms with Gasteiger partial charge in [-0.15, -0.1) is 5.92 Å². The summed E-state index contributed by atoms with van der Waals surface area (Å²) >= 11 is 0. The molecule has 0 aromatic heterocycles. The van der Waals surface area contributed by atoms with Crippen LogP contribution in [0, 0.1) is 30.6 Å². The van der Waals surface area contributed by atoms with Crippen LogP contribution in [0.5, 0.6) is 0 Å². The van der Waals surface area contributed by atoms with E-state index in [-0.39, 0.29) is 23.0 Å². The van der Waals surface area contributed by atoms with Gasteiger partial charge < -0.3 is 14.5 Å². The lowest BCUT2D eigenvalue weighted by molar-refractivity contribution is 0.0623. The molecule has 0 bridgehead atoms. The van der Waals surface area contributed by atoms with E-state index >= 15 is 0 Å². The van der Waals surface area contributed by atoms with Gasteiger partial charge in [0.1, 0.15) is 12.1 Å². The summed E-state index contributed by atoms with van der Waals surface area (Å²) in [4.78, 5) is 12.0. The highest BCUT2D eigenvalue weighted by Gasteiger charge is 2.45. The van der Waals surface area contributed by atoms with Crippen molar-refractivity contribution in [2.45, 2.75) is 82.3 Å². The highest BCUT2D eigenvalue weighted by Crippen LogP contribution is 2.38. The second-order valence-corrected chi connectivity index (χ2v) is 15.7. The van der Waals surface area contributed by atoms with Crippen LogP contribution in [0.2, 0.25) is 18.1 Å². The third kappa shape index (κ3) is 7.34. The van der Waals surface area contributed by atoms with Crippen molar-refractivity contribution in [2.24, 2.45) is 0 Å². The predicted octanol–water partition coefficient (Wildman–Crippen LogP) is 3.98. The van der Waals surface area contributed by atoms with E-state index in [2.05, 4.69) is 62.9 Å². The van der Waals surface area contributed by atoms with Crippen molar-refractivity contribution in [3.05, 3.63) is 29.8 Å². The van der Waals surface area contributed by atoms with Gasteiger partial charge in [-0.25, -0.2) is 4.79 Å². The summed E-state index contributed by atoms with van der Waals surface area (Å²) in [6, 6.07) is 5.80. The Labute approximate surface area is 198 Å². The van der Waals surface area contributed by atoms with Gasteiger partial charge in [-0.05, 0) is 44.1 Å². The average Bonchev–Trinajstić information content (AvgIpc) is 3.07. The van der Waals surface area contributed by atoms with Crippen molar-refractivity contribution < 1.29 is 26.6 Å². The molecule has 1 fully saturated rings. The minimum atomic E-state index is -3.85. The molecule has 0 saturated carbocycles. The lowest BCUT2D eigenvalue weighted by atomic mass is 10.1. The molecule has 1 heterocycles. The molecule has 7 nitrogen and oxygen atoms in total. The number of aryl methyl sites for hydroxylation is 1. The Hall–Kier alpha value is -2.30. The molecule has 0 spiro atoms. The predicted molar refractivity (Wildman–Crippen MR) is 129 cm³/mol. The van der Waals surface area contributed by atoms with Gasteiger partial charge in [0.05, 0.1) is 11.5 Å². The molecule has 1 aromatic carbocycles. The van der Waals surface area contributed by atoms with Gasteiger partial charge in [-0.3, -0.25) is 4.18 Å². The van der Waals surface area contributed by atoms with Gasteiger partial charge in [-0.1, -0.05) is 56.2 Å². The molecule has 3 atom stereocenters. The normalized spacial score (nSPS) is 19.4. The van der Waals surface area contributed by atoms with Gasteiger partial charge in [0, 0.05) is 6.42 Å². The van der Waals surface area contributed by atoms with E-state index in [1.807, 2.05) is 6.92 Å². The quantitative estimate of drug-likeness (QED) is 0.268. The second kappa shape index (κ2) is 10.7. The van der Waals surface area contributed by atoms with Crippen molar-refractivity contribution in [3.8, 4) is 23.7 Å². The number of benzene rings is 1. The van der Waals surface area contributed by atoms with Gasteiger partial charge in [0.25, 0.3) is 10.1 Å². The Morgan fingerprint density at radius 3 is 2.42 bits per heavy atom. The van der Waals surface area contributed by atoms with E-state index < -0.39 is 42.8 Å². The highest BCUT2D eigenvalue weighted by molar-refractivity contribution is 7.86. The summed E-state index contributed by atoms with van der Waals surface area (Å²) in [5, 5.41) is 2.64. The number of cyclic esters (lactones) is 1. The van der Waals surface area contributed by atoms with Gasteiger partial charge >= 0.3 is 6.09 Å². The largest absolute Gasteiger partial charge is 0.439 e. The van der Waals surface area contributed by atoms with Crippen LogP contribution >= 0.6 is 0 Å². The molecule has 1 aliphatic rings. The first-order valence-electron chi connectivity index (χ1n) is 10.8. The van der Waals surface area contributed by atoms with Crippen LogP contribution < -0.4 is 5.32 Å². The van der Waals surface area contributed by atoms with E-state index in [9.17, 15) is 13.2 Å². The van der Waals surface area contributed by atoms with Crippen LogP contribution in [0.25, 0.3) is 0 Å². The van der Waals surface area contributed by atoms with E-state index in [1.165, 1.54) is 12.1 Å². The average molecular weight is 492 g/mol. The van der Waals surface area contributed by atoms with Crippen LogP contribution in [-0.4, -0.2) is 47.7 Å². The SMILES string of the molecule is CC#C[C@H](O[Si](C)(C)C(C)(C)C)[C@H]1OC(=O)N[C@H]1C#CCCOS(=O)(=O)c1ccc(C)cc1. The first-order valence-corrected chi connectivity index (χ1v) is 15.1. The van der Waals surface area contributed by atoms with Crippen LogP contribution in [0.3, 0.4) is 0 Å². The topological polar surface area (TPSA) is 90.9 Å². The van der Waals surface area contributed by atoms with Crippen molar-refractivity contribution in [3.63, 3.8) is 0 Å². The Balaban J connectivity index is 2.05. The van der Waals surface area contributed by atoms with Crippen molar-refractivity contribution >= 4 is 24.5 Å². The Bertz CT molecular complexity index is 1070. The number of carbonyl (C=O) groups is 1. The first kappa shape index (κ1) is 26.9. The number of amides is 1. The lowest BCUT2D eigenvalue weighted by Crippen LogP contribution is -2.49. The minimum Gasteiger partial charge on any atom is -0.439 e. The lowest BCUT2D eigenvalue weighted by Gasteiger charge is -2.39. The summed E-state index contributed by atoms with van der Waals surface area (Å²) in [7, 11) is -6.03. The number of nitrogens with one attached hydrogen (secondary N) is 1. The molecule has 0 unspecified atom stereocenters. The summed E-state index contributed by atoms with van der Waals surface area (Å²) < 4.78 is 41.4. The molecule has 0 radical (unpaired) electrons. The Morgan fingerprint density at radius 1 is 1.21 bits per heavy atom. The van der Waals surface area contributed by atoms with Gasteiger partial charge in [0.15, 0.2) is 14.4 Å². The molecule has 1 N–H and O–H groups in total. The van der Waals surface area contributed by atoms with Crippen molar-refractivity contribution in [1.82, 2.24) is 5.32 Å². The fourth-order valence-electron chi connectivity index (χ4n) is 2.76. The molecule has 1 aliphatic heterocycles. The molecule has 180 valence electrons. The molecule has 9 heteroatoms. The van der Waals surface area contributed by atoms with Crippen molar-refractivity contribution in [1.29, 1.82) is 0 Å². The third-order valence-corrected chi connectivity index (χ3v) is 11.5. The zero-order valence-corrected chi connectivity index (χ0v) is 22.1. The summed E-state index contributed by atoms with van der Waals surface area (Å²) in [6.07, 6.45) is -1.73. The first-order chi connectivity index (χ1) is 15.3. The summed E-state index contributed by atoms with van der Waals surface area (Å²) in [5.41, 5.74) is 0.957. The number of ether oxygens (including phenoxy) is 1. The molecule has 33 heavy (non-hydrogen) atoms. The number of alkyl carbamates (subject to hydrolysis) is 1. The molecular weight excluding hydrogens is 458 g/mol. The fraction of sp³-hybridized carbons (Fsp3) is 0.542. The van der Waals surface area contributed by atoms with Crippen LogP contribution in [0.15, 0.2) is 29.2 Å². The summed E-state index contributed by atoms with van der Waals surface area (Å²) in [5.74, 6) is 11.7. The zero-order chi connectivity index (χ0) is 24.9. The maximum Gasteiger partial charge on any atom is 0.408 e. The molecule has 1 amide bonds. The van der Waals surface area contributed by atoms with Crippen molar-refractivity contribution in [2.75, 3.05) is 6.61 Å². The second-order valence-electron chi connectivity index (χ2n) is 9.35. The van der Waals surface area contributed by atoms with E-state index in [1.54, 1.807) is 19.1 Å². The molecule has 2 rings (SSSR count). The molecule has 1 aromatic rings. The number of hydrogen-bond acceptors (Lipinski definition) is 6. The fourth-order valence-corrected chi connectivity index (χ4v) is 4.85. The highest BCUT2D eigenvalue weighted by atomic mass is 32.2. The molecule has 0 aliphatic carbocycles. The van der Waals surface area contributed by atoms with Crippen LogP contribution in [0.4, 0.5) is 4.79 Å². The monoisotopic (exact) mass is 491 g/mol. The smallest absolute Gasteiger partial charge is 0.408 e. The maximum absolute atomic E-state index is 12.3. The van der Waals surface area contributed by atoms with E-state index in [0.29, 0.717) is 0 Å². The Kier molecular flexibility index (Phi) is 8.78. The molecular formula is C24H33NO6SSi. The number of carbonyl (C=O) groups excluding carboxylic acids is 1. The number of hydrogen-bond donors (Lipinski definition) is 1. The van der Waals surface area contributed by atoms with Gasteiger partial charge in [0.2, 0.25) is 0 Å². The third-order valence-electron chi connectivity index (χ3n) is 5.69. The zero-order valence-electron chi connectivity index (χ0n) is 20.3. The maximum atomic E-state index is 12.3. The van der Waals surface area contributed by atoms with Crippen LogP contribution in [-0.2, 0) is 23.5 Å². The number of rotatable bonds is 7. The minimum absolute atomic E-state index is 0.0435. The van der Waals surface area contributed by atoms with Crippen LogP contribution in [0.1, 0.15) is 39.7 Å². The van der Waals surface area contributed by atoms with Gasteiger partial charge in [-0.2, -0.15) is 8.42 Å². The Morgan fingerprint density at radius 2 is 1.85 bits per heavy atom. The van der Waals surface area contributed by atoms with E-state index in [0.717, 1.165) is 5.56 Å². The standard InChI is InChI=1S/C24H33NO6SSi/c1-8-11-21(31-33(6,7)24(3,4)5)22-20(25-23(26)30-22)12-9-10-17-29-32(27,28)19-15-13-18(2)14-16-19/h13-16,20-22H,10,17H2,1-7H3,(H,25,26)/t20-,21-,22-/m0/s1. The van der Waals surface area contributed by atoms with E-state index in [4.69, 9.17) is 13.3 Å². The molecule has 1 saturated heterocycles. The summed E-state index contributed by atoms with van der Waals surface area (Å²) in [6.45, 7) is 14.1.